The molecule has 2 aromatic rings. The second kappa shape index (κ2) is 8.50. The molecule has 0 spiro atoms. The lowest BCUT2D eigenvalue weighted by Gasteiger charge is -2.11. The van der Waals surface area contributed by atoms with E-state index in [2.05, 4.69) is 38.8 Å². The molecule has 0 aromatic heterocycles. The first-order chi connectivity index (χ1) is 11.0. The number of hydrogen-bond donors (Lipinski definition) is 0. The molecule has 2 rings (SSSR count). The number of rotatable bonds is 6. The third kappa shape index (κ3) is 5.08. The Bertz CT molecular complexity index is 658. The van der Waals surface area contributed by atoms with Crippen LogP contribution >= 0.6 is 31.9 Å². The highest BCUT2D eigenvalue weighted by Crippen LogP contribution is 2.33. The van der Waals surface area contributed by atoms with Crippen molar-refractivity contribution in [2.45, 2.75) is 26.7 Å². The molecule has 0 aliphatic carbocycles. The number of aryl methyl sites for hydroxylation is 1. The molecule has 0 N–H and O–H groups in total. The standard InChI is InChI=1S/C18H18Br2O3/c1-3-4-9-22-15-7-5-13(6-8-15)18(21)23-17-12(2)10-14(19)11-16(17)20/h5-8,10-11H,3-4,9H2,1-2H3. The van der Waals surface area contributed by atoms with E-state index in [1.165, 1.54) is 0 Å². The Morgan fingerprint density at radius 2 is 1.83 bits per heavy atom. The van der Waals surface area contributed by atoms with Crippen LogP contribution in [0.3, 0.4) is 0 Å². The first-order valence-corrected chi connectivity index (χ1v) is 9.00. The van der Waals surface area contributed by atoms with E-state index in [1.54, 1.807) is 24.3 Å². The van der Waals surface area contributed by atoms with Crippen molar-refractivity contribution < 1.29 is 14.3 Å². The minimum Gasteiger partial charge on any atom is -0.494 e. The maximum absolute atomic E-state index is 12.3. The fraction of sp³-hybridized carbons (Fsp3) is 0.278. The summed E-state index contributed by atoms with van der Waals surface area (Å²) in [4.78, 5) is 12.3. The molecule has 0 atom stereocenters. The van der Waals surface area contributed by atoms with Gasteiger partial charge in [-0.15, -0.1) is 0 Å². The number of ether oxygens (including phenoxy) is 2. The Balaban J connectivity index is 2.06. The highest BCUT2D eigenvalue weighted by atomic mass is 79.9. The second-order valence-corrected chi connectivity index (χ2v) is 6.92. The third-order valence-corrected chi connectivity index (χ3v) is 4.29. The summed E-state index contributed by atoms with van der Waals surface area (Å²) in [5.74, 6) is 0.897. The second-order valence-electron chi connectivity index (χ2n) is 5.15. The van der Waals surface area contributed by atoms with Gasteiger partial charge in [-0.3, -0.25) is 0 Å². The number of unbranched alkanes of at least 4 members (excludes halogenated alkanes) is 1. The van der Waals surface area contributed by atoms with Crippen LogP contribution < -0.4 is 9.47 Å². The number of carbonyl (C=O) groups excluding carboxylic acids is 1. The summed E-state index contributed by atoms with van der Waals surface area (Å²) in [7, 11) is 0. The minimum atomic E-state index is -0.392. The van der Waals surface area contributed by atoms with Crippen molar-refractivity contribution in [3.05, 3.63) is 56.5 Å². The molecular formula is C18H18Br2O3. The fourth-order valence-corrected chi connectivity index (χ4v) is 3.51. The summed E-state index contributed by atoms with van der Waals surface area (Å²) in [6.07, 6.45) is 2.10. The van der Waals surface area contributed by atoms with Crippen LogP contribution in [0.25, 0.3) is 0 Å². The van der Waals surface area contributed by atoms with Gasteiger partial charge in [0.05, 0.1) is 16.6 Å². The van der Waals surface area contributed by atoms with Crippen molar-refractivity contribution in [1.82, 2.24) is 0 Å². The molecule has 0 amide bonds. The lowest BCUT2D eigenvalue weighted by molar-refractivity contribution is 0.0732. The van der Waals surface area contributed by atoms with Crippen molar-refractivity contribution in [2.24, 2.45) is 0 Å². The first-order valence-electron chi connectivity index (χ1n) is 7.42. The summed E-state index contributed by atoms with van der Waals surface area (Å²) >= 11 is 6.83. The normalized spacial score (nSPS) is 10.4. The summed E-state index contributed by atoms with van der Waals surface area (Å²) in [6, 6.07) is 10.8. The molecule has 0 fully saturated rings. The van der Waals surface area contributed by atoms with E-state index in [0.717, 1.165) is 33.1 Å². The van der Waals surface area contributed by atoms with Gasteiger partial charge in [-0.25, -0.2) is 4.79 Å². The zero-order chi connectivity index (χ0) is 16.8. The van der Waals surface area contributed by atoms with Crippen LogP contribution in [0.5, 0.6) is 11.5 Å². The van der Waals surface area contributed by atoms with Gasteiger partial charge in [-0.1, -0.05) is 29.3 Å². The molecule has 23 heavy (non-hydrogen) atoms. The van der Waals surface area contributed by atoms with Gasteiger partial charge in [0.1, 0.15) is 11.5 Å². The van der Waals surface area contributed by atoms with E-state index in [1.807, 2.05) is 19.1 Å². The number of benzene rings is 2. The zero-order valence-corrected chi connectivity index (χ0v) is 16.2. The van der Waals surface area contributed by atoms with Crippen LogP contribution in [-0.2, 0) is 0 Å². The molecule has 122 valence electrons. The molecular weight excluding hydrogens is 424 g/mol. The minimum absolute atomic E-state index is 0.392. The summed E-state index contributed by atoms with van der Waals surface area (Å²) < 4.78 is 12.8. The highest BCUT2D eigenvalue weighted by molar-refractivity contribution is 9.11. The van der Waals surface area contributed by atoms with E-state index in [9.17, 15) is 4.79 Å². The monoisotopic (exact) mass is 440 g/mol. The largest absolute Gasteiger partial charge is 0.494 e. The van der Waals surface area contributed by atoms with Crippen molar-refractivity contribution in [3.63, 3.8) is 0 Å². The van der Waals surface area contributed by atoms with Crippen LogP contribution in [0.2, 0.25) is 0 Å². The summed E-state index contributed by atoms with van der Waals surface area (Å²) in [5.41, 5.74) is 1.36. The maximum Gasteiger partial charge on any atom is 0.343 e. The van der Waals surface area contributed by atoms with Gasteiger partial charge in [-0.2, -0.15) is 0 Å². The Kier molecular flexibility index (Phi) is 6.66. The van der Waals surface area contributed by atoms with Crippen LogP contribution in [0.15, 0.2) is 45.3 Å². The van der Waals surface area contributed by atoms with Gasteiger partial charge in [-0.05, 0) is 71.2 Å². The van der Waals surface area contributed by atoms with Crippen molar-refractivity contribution in [2.75, 3.05) is 6.61 Å². The summed E-state index contributed by atoms with van der Waals surface area (Å²) in [5, 5.41) is 0. The van der Waals surface area contributed by atoms with Crippen LogP contribution in [-0.4, -0.2) is 12.6 Å². The first kappa shape index (κ1) is 18.0. The highest BCUT2D eigenvalue weighted by Gasteiger charge is 2.14. The quantitative estimate of drug-likeness (QED) is 0.317. The van der Waals surface area contributed by atoms with Crippen LogP contribution in [0.4, 0.5) is 0 Å². The number of carbonyl (C=O) groups is 1. The average Bonchev–Trinajstić information content (AvgIpc) is 2.51. The third-order valence-electron chi connectivity index (χ3n) is 3.25. The molecule has 0 heterocycles. The van der Waals surface area contributed by atoms with Crippen molar-refractivity contribution >= 4 is 37.8 Å². The zero-order valence-electron chi connectivity index (χ0n) is 13.1. The average molecular weight is 442 g/mol. The predicted octanol–water partition coefficient (Wildman–Crippen LogP) is 5.92. The van der Waals surface area contributed by atoms with E-state index in [4.69, 9.17) is 9.47 Å². The van der Waals surface area contributed by atoms with E-state index in [0.29, 0.717) is 17.9 Å². The molecule has 0 aliphatic rings. The Hall–Kier alpha value is -1.33. The Morgan fingerprint density at radius 3 is 2.43 bits per heavy atom. The number of halogens is 2. The van der Waals surface area contributed by atoms with E-state index >= 15 is 0 Å². The molecule has 0 bridgehead atoms. The number of esters is 1. The SMILES string of the molecule is CCCCOc1ccc(C(=O)Oc2c(C)cc(Br)cc2Br)cc1. The van der Waals surface area contributed by atoms with Crippen molar-refractivity contribution in [3.8, 4) is 11.5 Å². The van der Waals surface area contributed by atoms with Crippen LogP contribution in [0, 0.1) is 6.92 Å². The fourth-order valence-electron chi connectivity index (χ4n) is 1.99. The van der Waals surface area contributed by atoms with Gasteiger partial charge < -0.3 is 9.47 Å². The van der Waals surface area contributed by atoms with Gasteiger partial charge in [0.15, 0.2) is 0 Å². The maximum atomic E-state index is 12.3. The molecule has 5 heteroatoms. The molecule has 0 aliphatic heterocycles. The molecule has 0 radical (unpaired) electrons. The lowest BCUT2D eigenvalue weighted by Crippen LogP contribution is -2.09. The van der Waals surface area contributed by atoms with Gasteiger partial charge in [0.2, 0.25) is 0 Å². The molecule has 0 saturated carbocycles. The molecule has 3 nitrogen and oxygen atoms in total. The Morgan fingerprint density at radius 1 is 1.13 bits per heavy atom. The number of hydrogen-bond acceptors (Lipinski definition) is 3. The molecule has 0 saturated heterocycles. The topological polar surface area (TPSA) is 35.5 Å². The summed E-state index contributed by atoms with van der Waals surface area (Å²) in [6.45, 7) is 4.69. The van der Waals surface area contributed by atoms with E-state index < -0.39 is 5.97 Å². The lowest BCUT2D eigenvalue weighted by atomic mass is 10.2. The smallest absolute Gasteiger partial charge is 0.343 e. The van der Waals surface area contributed by atoms with Crippen LogP contribution in [0.1, 0.15) is 35.7 Å². The van der Waals surface area contributed by atoms with Gasteiger partial charge in [0, 0.05) is 4.47 Å². The van der Waals surface area contributed by atoms with Crippen molar-refractivity contribution in [1.29, 1.82) is 0 Å². The Labute approximate surface area is 153 Å². The predicted molar refractivity (Wildman–Crippen MR) is 98.4 cm³/mol. The van der Waals surface area contributed by atoms with E-state index in [-0.39, 0.29) is 0 Å². The van der Waals surface area contributed by atoms with Gasteiger partial charge in [0.25, 0.3) is 0 Å². The van der Waals surface area contributed by atoms with Gasteiger partial charge >= 0.3 is 5.97 Å². The molecule has 0 unspecified atom stereocenters. The molecule has 2 aromatic carbocycles.